The predicted octanol–water partition coefficient (Wildman–Crippen LogP) is 3.50. The van der Waals surface area contributed by atoms with Crippen LogP contribution in [0.4, 0.5) is 4.39 Å². The molecule has 1 aromatic carbocycles. The number of hydrogen-bond donors (Lipinski definition) is 3. The van der Waals surface area contributed by atoms with E-state index in [1.807, 2.05) is 0 Å². The van der Waals surface area contributed by atoms with Gasteiger partial charge in [-0.25, -0.2) is 9.37 Å². The number of carbonyl (C=O) groups excluding carboxylic acids is 1. The molecule has 0 atom stereocenters. The second-order valence-electron chi connectivity index (χ2n) is 6.89. The van der Waals surface area contributed by atoms with Gasteiger partial charge in [0, 0.05) is 19.4 Å². The Balaban J connectivity index is 0.00000169. The van der Waals surface area contributed by atoms with Crippen LogP contribution in [0.25, 0.3) is 11.0 Å². The van der Waals surface area contributed by atoms with Crippen molar-refractivity contribution in [2.75, 3.05) is 13.1 Å². The monoisotopic (exact) mass is 404 g/mol. The van der Waals surface area contributed by atoms with Gasteiger partial charge in [-0.3, -0.25) is 4.79 Å². The molecule has 1 heterocycles. The number of carbonyl (C=O) groups is 1. The van der Waals surface area contributed by atoms with Crippen LogP contribution in [0.2, 0.25) is 0 Å². The Bertz CT molecular complexity index is 716. The van der Waals surface area contributed by atoms with Gasteiger partial charge in [0.05, 0.1) is 11.0 Å². The van der Waals surface area contributed by atoms with Crippen molar-refractivity contribution >= 4 is 41.8 Å². The summed E-state index contributed by atoms with van der Waals surface area (Å²) in [5, 5.41) is 2.96. The maximum absolute atomic E-state index is 13.2. The number of fused-ring (bicyclic) bond motifs is 1. The zero-order chi connectivity index (χ0) is 17.0. The van der Waals surface area contributed by atoms with Crippen molar-refractivity contribution in [3.8, 4) is 0 Å². The van der Waals surface area contributed by atoms with Crippen molar-refractivity contribution in [1.29, 1.82) is 0 Å². The van der Waals surface area contributed by atoms with E-state index in [0.29, 0.717) is 31.4 Å². The summed E-state index contributed by atoms with van der Waals surface area (Å²) >= 11 is 0. The maximum Gasteiger partial charge on any atom is 0.220 e. The molecule has 1 saturated carbocycles. The van der Waals surface area contributed by atoms with Crippen LogP contribution in [-0.4, -0.2) is 29.0 Å². The lowest BCUT2D eigenvalue weighted by atomic mass is 9.71. The van der Waals surface area contributed by atoms with Crippen LogP contribution < -0.4 is 11.1 Å². The smallest absolute Gasteiger partial charge is 0.220 e. The van der Waals surface area contributed by atoms with Crippen LogP contribution >= 0.6 is 24.8 Å². The molecule has 1 amide bonds. The van der Waals surface area contributed by atoms with E-state index in [1.54, 1.807) is 6.07 Å². The molecule has 2 aromatic rings. The van der Waals surface area contributed by atoms with E-state index in [-0.39, 0.29) is 42.0 Å². The average molecular weight is 405 g/mol. The first-order chi connectivity index (χ1) is 11.6. The molecule has 0 spiro atoms. The van der Waals surface area contributed by atoms with Crippen molar-refractivity contribution in [1.82, 2.24) is 15.3 Å². The molecule has 26 heavy (non-hydrogen) atoms. The molecule has 0 bridgehead atoms. The van der Waals surface area contributed by atoms with Gasteiger partial charge in [0.15, 0.2) is 0 Å². The quantitative estimate of drug-likeness (QED) is 0.688. The van der Waals surface area contributed by atoms with Crippen molar-refractivity contribution in [3.05, 3.63) is 29.8 Å². The largest absolute Gasteiger partial charge is 0.356 e. The fourth-order valence-electron chi connectivity index (χ4n) is 3.63. The van der Waals surface area contributed by atoms with E-state index in [1.165, 1.54) is 31.4 Å². The van der Waals surface area contributed by atoms with Crippen LogP contribution in [0.15, 0.2) is 18.2 Å². The zero-order valence-corrected chi connectivity index (χ0v) is 16.4. The number of nitrogens with one attached hydrogen (secondary N) is 2. The van der Waals surface area contributed by atoms with Crippen LogP contribution in [0.3, 0.4) is 0 Å². The number of amides is 1. The Morgan fingerprint density at radius 2 is 2.00 bits per heavy atom. The number of nitrogens with zero attached hydrogens (tertiary/aromatic N) is 1. The Morgan fingerprint density at radius 3 is 2.69 bits per heavy atom. The van der Waals surface area contributed by atoms with E-state index >= 15 is 0 Å². The third kappa shape index (κ3) is 5.56. The SMILES string of the molecule is Cl.Cl.NCC1(CC(=O)NCCc2nc3ccc(F)cc3[nH]2)CCCCC1. The molecule has 4 N–H and O–H groups in total. The van der Waals surface area contributed by atoms with Gasteiger partial charge in [0.2, 0.25) is 5.91 Å². The summed E-state index contributed by atoms with van der Waals surface area (Å²) in [6.45, 7) is 1.09. The Kier molecular flexibility index (Phi) is 8.80. The van der Waals surface area contributed by atoms with E-state index in [4.69, 9.17) is 5.73 Å². The Morgan fingerprint density at radius 1 is 1.27 bits per heavy atom. The molecule has 1 fully saturated rings. The topological polar surface area (TPSA) is 83.8 Å². The van der Waals surface area contributed by atoms with E-state index in [0.717, 1.165) is 24.2 Å². The number of benzene rings is 1. The molecule has 1 aliphatic carbocycles. The summed E-state index contributed by atoms with van der Waals surface area (Å²) in [6, 6.07) is 4.47. The highest BCUT2D eigenvalue weighted by Crippen LogP contribution is 2.38. The number of imidazole rings is 1. The zero-order valence-electron chi connectivity index (χ0n) is 14.7. The van der Waals surface area contributed by atoms with Crippen LogP contribution in [0.5, 0.6) is 0 Å². The highest BCUT2D eigenvalue weighted by atomic mass is 35.5. The molecule has 1 aliphatic rings. The Labute approximate surface area is 165 Å². The third-order valence-corrected chi connectivity index (χ3v) is 5.06. The van der Waals surface area contributed by atoms with E-state index in [9.17, 15) is 9.18 Å². The van der Waals surface area contributed by atoms with Crippen molar-refractivity contribution in [3.63, 3.8) is 0 Å². The first-order valence-corrected chi connectivity index (χ1v) is 8.71. The number of rotatable bonds is 6. The fourth-order valence-corrected chi connectivity index (χ4v) is 3.63. The van der Waals surface area contributed by atoms with Crippen LogP contribution in [0.1, 0.15) is 44.3 Å². The Hall–Kier alpha value is -1.37. The lowest BCUT2D eigenvalue weighted by molar-refractivity contribution is -0.123. The minimum atomic E-state index is -0.287. The second kappa shape index (κ2) is 10.1. The summed E-state index contributed by atoms with van der Waals surface area (Å²) < 4.78 is 13.2. The van der Waals surface area contributed by atoms with Gasteiger partial charge in [0.1, 0.15) is 11.6 Å². The van der Waals surface area contributed by atoms with Gasteiger partial charge in [0.25, 0.3) is 0 Å². The third-order valence-electron chi connectivity index (χ3n) is 5.06. The summed E-state index contributed by atoms with van der Waals surface area (Å²) in [5.41, 5.74) is 7.34. The fraction of sp³-hybridized carbons (Fsp3) is 0.556. The van der Waals surface area contributed by atoms with Gasteiger partial charge in [-0.2, -0.15) is 0 Å². The molecule has 0 aliphatic heterocycles. The normalized spacial score (nSPS) is 15.8. The molecule has 146 valence electrons. The van der Waals surface area contributed by atoms with Gasteiger partial charge in [-0.05, 0) is 43.0 Å². The molecular weight excluding hydrogens is 378 g/mol. The number of halogens is 3. The molecule has 5 nitrogen and oxygen atoms in total. The first-order valence-electron chi connectivity index (χ1n) is 8.71. The van der Waals surface area contributed by atoms with E-state index < -0.39 is 0 Å². The second-order valence-corrected chi connectivity index (χ2v) is 6.89. The molecule has 0 saturated heterocycles. The highest BCUT2D eigenvalue weighted by molar-refractivity contribution is 5.85. The number of H-pyrrole nitrogens is 1. The van der Waals surface area contributed by atoms with Gasteiger partial charge < -0.3 is 16.0 Å². The average Bonchev–Trinajstić information content (AvgIpc) is 2.97. The van der Waals surface area contributed by atoms with Gasteiger partial charge >= 0.3 is 0 Å². The number of aromatic amines is 1. The highest BCUT2D eigenvalue weighted by Gasteiger charge is 2.32. The summed E-state index contributed by atoms with van der Waals surface area (Å²) in [7, 11) is 0. The van der Waals surface area contributed by atoms with Crippen LogP contribution in [0, 0.1) is 11.2 Å². The number of nitrogens with two attached hydrogens (primary N) is 1. The molecule has 8 heteroatoms. The number of aromatic nitrogens is 2. The van der Waals surface area contributed by atoms with Crippen molar-refractivity contribution in [2.24, 2.45) is 11.1 Å². The molecule has 1 aromatic heterocycles. The minimum absolute atomic E-state index is 0. The summed E-state index contributed by atoms with van der Waals surface area (Å²) in [5.74, 6) is 0.525. The van der Waals surface area contributed by atoms with Gasteiger partial charge in [-0.15, -0.1) is 24.8 Å². The molecule has 3 rings (SSSR count). The molecule has 0 unspecified atom stereocenters. The lowest BCUT2D eigenvalue weighted by Crippen LogP contribution is -2.39. The first kappa shape index (κ1) is 22.7. The van der Waals surface area contributed by atoms with Crippen molar-refractivity contribution in [2.45, 2.75) is 44.9 Å². The number of hydrogen-bond acceptors (Lipinski definition) is 3. The van der Waals surface area contributed by atoms with Crippen molar-refractivity contribution < 1.29 is 9.18 Å². The van der Waals surface area contributed by atoms with Gasteiger partial charge in [-0.1, -0.05) is 19.3 Å². The standard InChI is InChI=1S/C18H25FN4O.2ClH/c19-13-4-5-14-15(10-13)23-16(22-14)6-9-21-17(24)11-18(12-20)7-2-1-3-8-18;;/h4-5,10H,1-3,6-9,11-12,20H2,(H,21,24)(H,22,23);2*1H. The lowest BCUT2D eigenvalue weighted by Gasteiger charge is -2.35. The molecular formula is C18H27Cl2FN4O. The molecule has 0 radical (unpaired) electrons. The minimum Gasteiger partial charge on any atom is -0.356 e. The maximum atomic E-state index is 13.2. The predicted molar refractivity (Wildman–Crippen MR) is 106 cm³/mol. The summed E-state index contributed by atoms with van der Waals surface area (Å²) in [6.07, 6.45) is 6.78. The van der Waals surface area contributed by atoms with Crippen LogP contribution in [-0.2, 0) is 11.2 Å². The van der Waals surface area contributed by atoms with E-state index in [2.05, 4.69) is 15.3 Å². The summed E-state index contributed by atoms with van der Waals surface area (Å²) in [4.78, 5) is 19.7.